The van der Waals surface area contributed by atoms with Crippen LogP contribution in [-0.2, 0) is 24.9 Å². The standard InChI is InChI=1S/C34H32ClF3N6O2/c1-20-6-7-25(26(35)14-20)32(2)45-28-5-3-4-24(29(28)46-32)21-8-12-44(13-9-21)18-27-22(16-33(19-39)10-11-33)15-23(17-40-27)30-41-31(43-42-30)34(36,37)38/h3-7,14-15,17,21H,8-13,16,18H2,1-2H3,(H,41,42,43). The third-order valence-corrected chi connectivity index (χ3v) is 9.65. The lowest BCUT2D eigenvalue weighted by Gasteiger charge is -2.33. The molecule has 1 N–H and O–H groups in total. The SMILES string of the molecule is Cc1ccc(C2(C)Oc3cccc(C4CCN(Cc5ncc(-c6nnc(C(F)(F)F)[nH]6)cc5CC5(C#N)CC5)CC4)c3O2)c(Cl)c1. The Balaban J connectivity index is 1.07. The summed E-state index contributed by atoms with van der Waals surface area (Å²) in [4.78, 5) is 9.27. The number of nitrogens with zero attached hydrogens (tertiary/aromatic N) is 5. The number of alkyl halides is 3. The molecule has 8 nitrogen and oxygen atoms in total. The molecule has 1 atom stereocenters. The van der Waals surface area contributed by atoms with Crippen molar-refractivity contribution in [3.8, 4) is 29.0 Å². The highest BCUT2D eigenvalue weighted by atomic mass is 35.5. The van der Waals surface area contributed by atoms with E-state index in [1.54, 1.807) is 6.07 Å². The number of nitrogens with one attached hydrogen (secondary N) is 1. The lowest BCUT2D eigenvalue weighted by Crippen LogP contribution is -2.34. The molecule has 46 heavy (non-hydrogen) atoms. The molecule has 0 amide bonds. The fourth-order valence-corrected chi connectivity index (χ4v) is 6.92. The number of aryl methyl sites for hydroxylation is 1. The first-order valence-electron chi connectivity index (χ1n) is 15.3. The average molecular weight is 649 g/mol. The predicted octanol–water partition coefficient (Wildman–Crippen LogP) is 7.72. The van der Waals surface area contributed by atoms with Gasteiger partial charge in [-0.3, -0.25) is 9.88 Å². The Morgan fingerprint density at radius 3 is 2.57 bits per heavy atom. The molecule has 0 radical (unpaired) electrons. The van der Waals surface area contributed by atoms with Crippen LogP contribution < -0.4 is 9.47 Å². The molecule has 3 aliphatic rings. The molecule has 2 aliphatic heterocycles. The van der Waals surface area contributed by atoms with Crippen LogP contribution in [-0.4, -0.2) is 38.2 Å². The Hall–Kier alpha value is -4.14. The zero-order valence-corrected chi connectivity index (χ0v) is 26.2. The quantitative estimate of drug-likeness (QED) is 0.219. The van der Waals surface area contributed by atoms with Crippen molar-refractivity contribution in [2.45, 2.75) is 70.4 Å². The van der Waals surface area contributed by atoms with Crippen molar-refractivity contribution in [3.63, 3.8) is 0 Å². The van der Waals surface area contributed by atoms with Crippen LogP contribution in [0.15, 0.2) is 48.7 Å². The Bertz CT molecular complexity index is 1840. The number of H-pyrrole nitrogens is 1. The lowest BCUT2D eigenvalue weighted by molar-refractivity contribution is -0.144. The van der Waals surface area contributed by atoms with Crippen LogP contribution in [0.2, 0.25) is 5.02 Å². The fourth-order valence-electron chi connectivity index (χ4n) is 6.51. The van der Waals surface area contributed by atoms with E-state index in [4.69, 9.17) is 21.1 Å². The third-order valence-electron chi connectivity index (χ3n) is 9.33. The minimum Gasteiger partial charge on any atom is -0.444 e. The van der Waals surface area contributed by atoms with Gasteiger partial charge in [0.15, 0.2) is 17.3 Å². The number of aromatic nitrogens is 4. The lowest BCUT2D eigenvalue weighted by atomic mass is 9.88. The zero-order chi connectivity index (χ0) is 32.3. The molecule has 238 valence electrons. The van der Waals surface area contributed by atoms with Gasteiger partial charge in [0.2, 0.25) is 5.82 Å². The van der Waals surface area contributed by atoms with Crippen molar-refractivity contribution >= 4 is 11.6 Å². The van der Waals surface area contributed by atoms with E-state index >= 15 is 0 Å². The molecule has 2 aromatic heterocycles. The van der Waals surface area contributed by atoms with Crippen molar-refractivity contribution in [2.24, 2.45) is 5.41 Å². The number of aromatic amines is 1. The number of piperidine rings is 1. The molecular formula is C34H32ClF3N6O2. The minimum atomic E-state index is -4.63. The number of halogens is 4. The Labute approximate surface area is 269 Å². The minimum absolute atomic E-state index is 0.00224. The number of hydrogen-bond acceptors (Lipinski definition) is 7. The van der Waals surface area contributed by atoms with Gasteiger partial charge < -0.3 is 14.5 Å². The number of hydrogen-bond donors (Lipinski definition) is 1. The number of likely N-dealkylation sites (tertiary alicyclic amines) is 1. The molecule has 2 fully saturated rings. The van der Waals surface area contributed by atoms with Gasteiger partial charge in [-0.15, -0.1) is 10.2 Å². The molecule has 2 aromatic carbocycles. The Kier molecular flexibility index (Phi) is 7.48. The highest BCUT2D eigenvalue weighted by Gasteiger charge is 2.44. The largest absolute Gasteiger partial charge is 0.451 e. The van der Waals surface area contributed by atoms with Gasteiger partial charge in [-0.25, -0.2) is 0 Å². The van der Waals surface area contributed by atoms with Gasteiger partial charge in [0, 0.05) is 30.8 Å². The van der Waals surface area contributed by atoms with Gasteiger partial charge in [-0.1, -0.05) is 29.8 Å². The van der Waals surface area contributed by atoms with Crippen LogP contribution in [0.4, 0.5) is 13.2 Å². The third kappa shape index (κ3) is 5.80. The fraction of sp³-hybridized carbons (Fsp3) is 0.412. The second-order valence-corrected chi connectivity index (χ2v) is 13.2. The topological polar surface area (TPSA) is 100.0 Å². The van der Waals surface area contributed by atoms with Gasteiger partial charge >= 0.3 is 6.18 Å². The van der Waals surface area contributed by atoms with Crippen molar-refractivity contribution < 1.29 is 22.6 Å². The molecule has 1 saturated carbocycles. The first-order valence-corrected chi connectivity index (χ1v) is 15.7. The molecular weight excluding hydrogens is 617 g/mol. The van der Waals surface area contributed by atoms with Crippen LogP contribution in [0.5, 0.6) is 11.5 Å². The molecule has 1 aliphatic carbocycles. The summed E-state index contributed by atoms with van der Waals surface area (Å²) in [5, 5.41) is 17.3. The number of fused-ring (bicyclic) bond motifs is 1. The second kappa shape index (κ2) is 11.3. The molecule has 7 rings (SSSR count). The molecule has 0 bridgehead atoms. The van der Waals surface area contributed by atoms with E-state index in [-0.39, 0.29) is 11.7 Å². The van der Waals surface area contributed by atoms with Crippen LogP contribution in [0, 0.1) is 23.7 Å². The van der Waals surface area contributed by atoms with E-state index in [2.05, 4.69) is 37.2 Å². The van der Waals surface area contributed by atoms with Gasteiger partial charge in [-0.2, -0.15) is 18.4 Å². The summed E-state index contributed by atoms with van der Waals surface area (Å²) < 4.78 is 52.2. The maximum atomic E-state index is 13.1. The maximum absolute atomic E-state index is 13.1. The summed E-state index contributed by atoms with van der Waals surface area (Å²) >= 11 is 6.59. The molecule has 4 aromatic rings. The first-order chi connectivity index (χ1) is 22.0. The normalized spacial score (nSPS) is 20.9. The average Bonchev–Trinajstić information content (AvgIpc) is 3.42. The van der Waals surface area contributed by atoms with Crippen LogP contribution in [0.3, 0.4) is 0 Å². The second-order valence-electron chi connectivity index (χ2n) is 12.8. The number of ether oxygens (including phenoxy) is 2. The number of para-hydroxylation sites is 1. The maximum Gasteiger partial charge on any atom is 0.451 e. The van der Waals surface area contributed by atoms with Crippen molar-refractivity contribution in [2.75, 3.05) is 13.1 Å². The van der Waals surface area contributed by atoms with Crippen LogP contribution in [0.25, 0.3) is 11.4 Å². The number of rotatable bonds is 7. The molecule has 0 spiro atoms. The van der Waals surface area contributed by atoms with E-state index in [1.165, 1.54) is 6.20 Å². The van der Waals surface area contributed by atoms with E-state index < -0.39 is 23.2 Å². The number of pyridine rings is 1. The summed E-state index contributed by atoms with van der Waals surface area (Å²) in [6.45, 7) is 6.09. The van der Waals surface area contributed by atoms with Crippen molar-refractivity contribution in [1.82, 2.24) is 25.1 Å². The molecule has 1 unspecified atom stereocenters. The van der Waals surface area contributed by atoms with Gasteiger partial charge in [0.05, 0.1) is 27.8 Å². The highest BCUT2D eigenvalue weighted by Crippen LogP contribution is 2.51. The van der Waals surface area contributed by atoms with E-state index in [9.17, 15) is 18.4 Å². The first kappa shape index (κ1) is 30.5. The van der Waals surface area contributed by atoms with E-state index in [0.29, 0.717) is 29.3 Å². The predicted molar refractivity (Wildman–Crippen MR) is 164 cm³/mol. The van der Waals surface area contributed by atoms with Gasteiger partial charge in [-0.05, 0) is 93.4 Å². The molecule has 4 heterocycles. The Morgan fingerprint density at radius 1 is 1.11 bits per heavy atom. The van der Waals surface area contributed by atoms with Crippen LogP contribution >= 0.6 is 11.6 Å². The highest BCUT2D eigenvalue weighted by molar-refractivity contribution is 6.31. The van der Waals surface area contributed by atoms with E-state index in [0.717, 1.165) is 72.5 Å². The summed E-state index contributed by atoms with van der Waals surface area (Å²) in [5.74, 6) is -0.460. The summed E-state index contributed by atoms with van der Waals surface area (Å²) in [6.07, 6.45) is 0.780. The zero-order valence-electron chi connectivity index (χ0n) is 25.4. The molecule has 1 saturated heterocycles. The van der Waals surface area contributed by atoms with Crippen LogP contribution in [0.1, 0.15) is 72.3 Å². The Morgan fingerprint density at radius 2 is 1.89 bits per heavy atom. The van der Waals surface area contributed by atoms with Crippen molar-refractivity contribution in [3.05, 3.63) is 87.5 Å². The number of benzene rings is 2. The van der Waals surface area contributed by atoms with Gasteiger partial charge in [0.25, 0.3) is 5.79 Å². The molecule has 12 heteroatoms. The van der Waals surface area contributed by atoms with Crippen molar-refractivity contribution in [1.29, 1.82) is 5.26 Å². The number of nitriles is 1. The van der Waals surface area contributed by atoms with Gasteiger partial charge in [0.1, 0.15) is 0 Å². The summed E-state index contributed by atoms with van der Waals surface area (Å²) in [6, 6.07) is 16.1. The van der Waals surface area contributed by atoms with E-state index in [1.807, 2.05) is 44.2 Å². The summed E-state index contributed by atoms with van der Waals surface area (Å²) in [5.41, 5.74) is 4.58. The smallest absolute Gasteiger partial charge is 0.444 e. The summed E-state index contributed by atoms with van der Waals surface area (Å²) in [7, 11) is 0. The monoisotopic (exact) mass is 648 g/mol.